The van der Waals surface area contributed by atoms with Crippen LogP contribution >= 0.6 is 11.8 Å². The zero-order valence-corrected chi connectivity index (χ0v) is 11.3. The molecule has 0 aliphatic carbocycles. The van der Waals surface area contributed by atoms with Gasteiger partial charge >= 0.3 is 12.0 Å². The predicted octanol–water partition coefficient (Wildman–Crippen LogP) is 2.01. The van der Waals surface area contributed by atoms with Gasteiger partial charge in [0.15, 0.2) is 0 Å². The fraction of sp³-hybridized carbons (Fsp3) is 0.231. The van der Waals surface area contributed by atoms with Gasteiger partial charge < -0.3 is 15.7 Å². The molecule has 7 heteroatoms. The van der Waals surface area contributed by atoms with Crippen molar-refractivity contribution < 1.29 is 19.1 Å². The highest BCUT2D eigenvalue weighted by atomic mass is 32.2. The number of nitrogens with one attached hydrogen (secondary N) is 2. The fourth-order valence-electron chi connectivity index (χ4n) is 1.31. The van der Waals surface area contributed by atoms with Gasteiger partial charge in [-0.15, -0.1) is 18.2 Å². The number of carbonyl (C=O) groups excluding carboxylic acids is 1. The Morgan fingerprint density at radius 1 is 1.45 bits per heavy atom. The second-order valence-corrected chi connectivity index (χ2v) is 4.74. The number of thioether (sulfide) groups is 1. The number of benzene rings is 1. The summed E-state index contributed by atoms with van der Waals surface area (Å²) in [5, 5.41) is 13.8. The molecule has 0 saturated heterocycles. The van der Waals surface area contributed by atoms with Gasteiger partial charge in [0.1, 0.15) is 5.82 Å². The maximum absolute atomic E-state index is 13.2. The highest BCUT2D eigenvalue weighted by molar-refractivity contribution is 7.99. The van der Waals surface area contributed by atoms with E-state index in [2.05, 4.69) is 16.6 Å². The Morgan fingerprint density at radius 2 is 2.20 bits per heavy atom. The maximum atomic E-state index is 13.2. The molecule has 0 unspecified atom stereocenters. The van der Waals surface area contributed by atoms with Crippen LogP contribution in [-0.2, 0) is 0 Å². The number of urea groups is 1. The van der Waals surface area contributed by atoms with Crippen LogP contribution in [0.4, 0.5) is 14.9 Å². The Balaban J connectivity index is 2.48. The normalized spacial score (nSPS) is 9.60. The second kappa shape index (κ2) is 8.07. The predicted molar refractivity (Wildman–Crippen MR) is 76.5 cm³/mol. The molecule has 106 valence electrons. The molecule has 0 saturated carbocycles. The maximum Gasteiger partial charge on any atom is 0.338 e. The highest BCUT2D eigenvalue weighted by Gasteiger charge is 2.11. The average Bonchev–Trinajstić information content (AvgIpc) is 2.40. The van der Waals surface area contributed by atoms with Crippen LogP contribution in [0.15, 0.2) is 18.2 Å². The lowest BCUT2D eigenvalue weighted by Gasteiger charge is -2.08. The van der Waals surface area contributed by atoms with E-state index in [-0.39, 0.29) is 5.69 Å². The van der Waals surface area contributed by atoms with Crippen LogP contribution in [0.25, 0.3) is 0 Å². The average molecular weight is 296 g/mol. The van der Waals surface area contributed by atoms with Crippen LogP contribution in [0.5, 0.6) is 0 Å². The molecule has 0 aliphatic rings. The van der Waals surface area contributed by atoms with Crippen molar-refractivity contribution in [2.24, 2.45) is 0 Å². The number of anilines is 1. The number of carboxylic acids is 1. The van der Waals surface area contributed by atoms with Crippen LogP contribution in [0.1, 0.15) is 10.4 Å². The summed E-state index contributed by atoms with van der Waals surface area (Å²) in [5.74, 6) is 1.46. The number of rotatable bonds is 6. The lowest BCUT2D eigenvalue weighted by molar-refractivity contribution is 0.0692. The van der Waals surface area contributed by atoms with E-state index >= 15 is 0 Å². The Kier molecular flexibility index (Phi) is 6.40. The molecule has 0 aromatic heterocycles. The van der Waals surface area contributed by atoms with E-state index in [1.165, 1.54) is 17.8 Å². The van der Waals surface area contributed by atoms with E-state index in [0.29, 0.717) is 18.1 Å². The molecule has 0 heterocycles. The van der Waals surface area contributed by atoms with E-state index in [1.54, 1.807) is 0 Å². The zero-order chi connectivity index (χ0) is 15.0. The summed E-state index contributed by atoms with van der Waals surface area (Å²) < 4.78 is 13.2. The third-order valence-corrected chi connectivity index (χ3v) is 3.04. The SMILES string of the molecule is C#CCSCCNC(=O)Nc1ccc(F)c(C(=O)O)c1. The van der Waals surface area contributed by atoms with Crippen LogP contribution in [0, 0.1) is 18.2 Å². The summed E-state index contributed by atoms with van der Waals surface area (Å²) in [7, 11) is 0. The summed E-state index contributed by atoms with van der Waals surface area (Å²) >= 11 is 1.50. The van der Waals surface area contributed by atoms with Gasteiger partial charge in [0.25, 0.3) is 0 Å². The van der Waals surface area contributed by atoms with E-state index in [0.717, 1.165) is 12.1 Å². The summed E-state index contributed by atoms with van der Waals surface area (Å²) in [6, 6.07) is 2.84. The molecule has 0 fully saturated rings. The van der Waals surface area contributed by atoms with Crippen LogP contribution in [0.3, 0.4) is 0 Å². The van der Waals surface area contributed by atoms with Crippen molar-refractivity contribution >= 4 is 29.4 Å². The zero-order valence-electron chi connectivity index (χ0n) is 10.5. The Bertz CT molecular complexity index is 543. The first-order chi connectivity index (χ1) is 9.54. The van der Waals surface area contributed by atoms with Crippen molar-refractivity contribution in [3.05, 3.63) is 29.6 Å². The van der Waals surface area contributed by atoms with Crippen molar-refractivity contribution in [2.75, 3.05) is 23.4 Å². The standard InChI is InChI=1S/C13H13FN2O3S/c1-2-6-20-7-5-15-13(19)16-9-3-4-11(14)10(8-9)12(17)18/h1,3-4,8H,5-7H2,(H,17,18)(H2,15,16,19). The molecule has 3 N–H and O–H groups in total. The first-order valence-corrected chi connectivity index (χ1v) is 6.79. The summed E-state index contributed by atoms with van der Waals surface area (Å²) in [5.41, 5.74) is -0.287. The van der Waals surface area contributed by atoms with E-state index < -0.39 is 23.4 Å². The molecule has 0 bridgehead atoms. The van der Waals surface area contributed by atoms with Gasteiger partial charge in [-0.05, 0) is 18.2 Å². The van der Waals surface area contributed by atoms with Crippen LogP contribution in [-0.4, -0.2) is 35.2 Å². The number of carboxylic acid groups (broad SMARTS) is 1. The van der Waals surface area contributed by atoms with E-state index in [4.69, 9.17) is 11.5 Å². The molecule has 0 aliphatic heterocycles. The quantitative estimate of drug-likeness (QED) is 0.554. The molecule has 0 spiro atoms. The largest absolute Gasteiger partial charge is 0.478 e. The molecule has 1 aromatic carbocycles. The minimum Gasteiger partial charge on any atom is -0.478 e. The monoisotopic (exact) mass is 296 g/mol. The Labute approximate surface area is 119 Å². The molecule has 0 atom stereocenters. The van der Waals surface area contributed by atoms with Gasteiger partial charge in [-0.2, -0.15) is 0 Å². The molecule has 2 amide bonds. The summed E-state index contributed by atoms with van der Waals surface area (Å²) in [6.45, 7) is 0.422. The Morgan fingerprint density at radius 3 is 2.85 bits per heavy atom. The number of amides is 2. The number of halogens is 1. The topological polar surface area (TPSA) is 78.4 Å². The lowest BCUT2D eigenvalue weighted by Crippen LogP contribution is -2.30. The van der Waals surface area contributed by atoms with Crippen molar-refractivity contribution in [1.82, 2.24) is 5.32 Å². The summed E-state index contributed by atoms with van der Waals surface area (Å²) in [6.07, 6.45) is 5.07. The van der Waals surface area contributed by atoms with Gasteiger partial charge in [-0.3, -0.25) is 0 Å². The molecular formula is C13H13FN2O3S. The lowest BCUT2D eigenvalue weighted by atomic mass is 10.2. The first kappa shape index (κ1) is 15.9. The number of hydrogen-bond donors (Lipinski definition) is 3. The number of terminal acetylenes is 1. The van der Waals surface area contributed by atoms with Crippen molar-refractivity contribution in [2.45, 2.75) is 0 Å². The number of hydrogen-bond acceptors (Lipinski definition) is 3. The molecule has 20 heavy (non-hydrogen) atoms. The molecular weight excluding hydrogens is 283 g/mol. The van der Waals surface area contributed by atoms with Gasteiger partial charge in [0, 0.05) is 18.0 Å². The minimum absolute atomic E-state index is 0.206. The molecule has 0 radical (unpaired) electrons. The van der Waals surface area contributed by atoms with Gasteiger partial charge in [-0.1, -0.05) is 5.92 Å². The molecule has 1 aromatic rings. The van der Waals surface area contributed by atoms with Crippen molar-refractivity contribution in [1.29, 1.82) is 0 Å². The number of aromatic carboxylic acids is 1. The molecule has 5 nitrogen and oxygen atoms in total. The van der Waals surface area contributed by atoms with Crippen LogP contribution in [0.2, 0.25) is 0 Å². The van der Waals surface area contributed by atoms with Gasteiger partial charge in [-0.25, -0.2) is 14.0 Å². The first-order valence-electron chi connectivity index (χ1n) is 5.63. The smallest absolute Gasteiger partial charge is 0.338 e. The van der Waals surface area contributed by atoms with Crippen molar-refractivity contribution in [3.63, 3.8) is 0 Å². The summed E-state index contributed by atoms with van der Waals surface area (Å²) in [4.78, 5) is 22.2. The van der Waals surface area contributed by atoms with E-state index in [1.807, 2.05) is 0 Å². The van der Waals surface area contributed by atoms with Crippen molar-refractivity contribution in [3.8, 4) is 12.3 Å². The van der Waals surface area contributed by atoms with Gasteiger partial charge in [0.05, 0.1) is 11.3 Å². The van der Waals surface area contributed by atoms with Gasteiger partial charge in [0.2, 0.25) is 0 Å². The minimum atomic E-state index is -1.39. The second-order valence-electron chi connectivity index (χ2n) is 3.64. The van der Waals surface area contributed by atoms with E-state index in [9.17, 15) is 14.0 Å². The number of carbonyl (C=O) groups is 2. The Hall–Kier alpha value is -2.20. The highest BCUT2D eigenvalue weighted by Crippen LogP contribution is 2.14. The van der Waals surface area contributed by atoms with Crippen LogP contribution < -0.4 is 10.6 Å². The third kappa shape index (κ3) is 5.20. The third-order valence-electron chi connectivity index (χ3n) is 2.17. The molecule has 1 rings (SSSR count). The fourth-order valence-corrected chi connectivity index (χ4v) is 1.82.